The monoisotopic (exact) mass is 284 g/mol. The van der Waals surface area contributed by atoms with Gasteiger partial charge in [0.15, 0.2) is 0 Å². The number of hydrogen-bond donors (Lipinski definition) is 2. The molecule has 0 saturated heterocycles. The topological polar surface area (TPSA) is 81.4 Å². The zero-order chi connectivity index (χ0) is 13.9. The standard InChI is InChI=1S/C13H20N2O3S/c1-2-18-10-6-8-11(9-7-10)19(16,17)15-13-5-3-4-12(13)14/h6-9,12-13,15H,2-5,14H2,1H3. The number of rotatable bonds is 5. The number of benzene rings is 1. The van der Waals surface area contributed by atoms with Gasteiger partial charge in [0.2, 0.25) is 10.0 Å². The molecule has 0 radical (unpaired) electrons. The third kappa shape index (κ3) is 3.46. The van der Waals surface area contributed by atoms with Crippen molar-refractivity contribution in [3.05, 3.63) is 24.3 Å². The fourth-order valence-electron chi connectivity index (χ4n) is 2.28. The molecule has 0 amide bonds. The first-order valence-corrected chi connectivity index (χ1v) is 8.02. The van der Waals surface area contributed by atoms with Gasteiger partial charge in [-0.3, -0.25) is 0 Å². The second-order valence-corrected chi connectivity index (χ2v) is 6.44. The average Bonchev–Trinajstić information content (AvgIpc) is 2.75. The molecular weight excluding hydrogens is 264 g/mol. The number of sulfonamides is 1. The summed E-state index contributed by atoms with van der Waals surface area (Å²) in [6, 6.07) is 6.18. The molecule has 1 saturated carbocycles. The molecule has 0 heterocycles. The van der Waals surface area contributed by atoms with Gasteiger partial charge in [-0.2, -0.15) is 0 Å². The Hall–Kier alpha value is -1.11. The molecule has 1 aromatic carbocycles. The second-order valence-electron chi connectivity index (χ2n) is 4.73. The van der Waals surface area contributed by atoms with Gasteiger partial charge in [-0.25, -0.2) is 13.1 Å². The molecule has 1 fully saturated rings. The van der Waals surface area contributed by atoms with E-state index in [9.17, 15) is 8.42 Å². The first-order valence-electron chi connectivity index (χ1n) is 6.53. The van der Waals surface area contributed by atoms with Crippen LogP contribution < -0.4 is 15.2 Å². The molecule has 0 bridgehead atoms. The van der Waals surface area contributed by atoms with Crippen LogP contribution in [0.2, 0.25) is 0 Å². The van der Waals surface area contributed by atoms with Crippen LogP contribution in [0.4, 0.5) is 0 Å². The van der Waals surface area contributed by atoms with E-state index >= 15 is 0 Å². The molecular formula is C13H20N2O3S. The largest absolute Gasteiger partial charge is 0.494 e. The van der Waals surface area contributed by atoms with Crippen molar-refractivity contribution in [3.63, 3.8) is 0 Å². The molecule has 0 aromatic heterocycles. The quantitative estimate of drug-likeness (QED) is 0.852. The Balaban J connectivity index is 2.10. The minimum absolute atomic E-state index is 0.0857. The third-order valence-corrected chi connectivity index (χ3v) is 4.83. The van der Waals surface area contributed by atoms with E-state index in [0.29, 0.717) is 12.4 Å². The van der Waals surface area contributed by atoms with Crippen molar-refractivity contribution < 1.29 is 13.2 Å². The van der Waals surface area contributed by atoms with Crippen molar-refractivity contribution in [3.8, 4) is 5.75 Å². The predicted octanol–water partition coefficient (Wildman–Crippen LogP) is 1.24. The fourth-order valence-corrected chi connectivity index (χ4v) is 3.61. The summed E-state index contributed by atoms with van der Waals surface area (Å²) >= 11 is 0. The summed E-state index contributed by atoms with van der Waals surface area (Å²) in [6.45, 7) is 2.44. The van der Waals surface area contributed by atoms with E-state index in [1.165, 1.54) is 0 Å². The van der Waals surface area contributed by atoms with Crippen LogP contribution in [0.15, 0.2) is 29.2 Å². The molecule has 6 heteroatoms. The summed E-state index contributed by atoms with van der Waals surface area (Å²) in [5, 5.41) is 0. The SMILES string of the molecule is CCOc1ccc(S(=O)(=O)NC2CCCC2N)cc1. The average molecular weight is 284 g/mol. The van der Waals surface area contributed by atoms with E-state index in [1.807, 2.05) is 6.92 Å². The van der Waals surface area contributed by atoms with Gasteiger partial charge < -0.3 is 10.5 Å². The summed E-state index contributed by atoms with van der Waals surface area (Å²) < 4.78 is 32.4. The molecule has 2 rings (SSSR count). The highest BCUT2D eigenvalue weighted by Gasteiger charge is 2.28. The first-order chi connectivity index (χ1) is 9.03. The first kappa shape index (κ1) is 14.3. The molecule has 2 atom stereocenters. The maximum Gasteiger partial charge on any atom is 0.240 e. The normalized spacial score (nSPS) is 23.5. The lowest BCUT2D eigenvalue weighted by molar-refractivity contribution is 0.340. The van der Waals surface area contributed by atoms with Crippen LogP contribution in [-0.2, 0) is 10.0 Å². The van der Waals surface area contributed by atoms with Crippen LogP contribution in [0.5, 0.6) is 5.75 Å². The van der Waals surface area contributed by atoms with Crippen LogP contribution in [0, 0.1) is 0 Å². The molecule has 0 aliphatic heterocycles. The molecule has 19 heavy (non-hydrogen) atoms. The van der Waals surface area contributed by atoms with Gasteiger partial charge in [0.25, 0.3) is 0 Å². The summed E-state index contributed by atoms with van der Waals surface area (Å²) in [5.74, 6) is 0.666. The summed E-state index contributed by atoms with van der Waals surface area (Å²) in [7, 11) is -3.49. The Morgan fingerprint density at radius 1 is 1.32 bits per heavy atom. The van der Waals surface area contributed by atoms with Gasteiger partial charge in [-0.15, -0.1) is 0 Å². The molecule has 2 unspecified atom stereocenters. The van der Waals surface area contributed by atoms with E-state index in [1.54, 1.807) is 24.3 Å². The fraction of sp³-hybridized carbons (Fsp3) is 0.538. The number of nitrogens with one attached hydrogen (secondary N) is 1. The van der Waals surface area contributed by atoms with E-state index in [4.69, 9.17) is 10.5 Å². The lowest BCUT2D eigenvalue weighted by Crippen LogP contribution is -2.43. The Bertz CT molecular complexity index is 513. The third-order valence-electron chi connectivity index (χ3n) is 3.32. The Labute approximate surface area is 114 Å². The van der Waals surface area contributed by atoms with Gasteiger partial charge >= 0.3 is 0 Å². The highest BCUT2D eigenvalue weighted by Crippen LogP contribution is 2.21. The van der Waals surface area contributed by atoms with Crippen LogP contribution in [-0.4, -0.2) is 27.1 Å². The van der Waals surface area contributed by atoms with E-state index in [0.717, 1.165) is 19.3 Å². The lowest BCUT2D eigenvalue weighted by Gasteiger charge is -2.17. The smallest absolute Gasteiger partial charge is 0.240 e. The Kier molecular flexibility index (Phi) is 4.44. The molecule has 0 spiro atoms. The van der Waals surface area contributed by atoms with Crippen LogP contribution >= 0.6 is 0 Å². The van der Waals surface area contributed by atoms with Gasteiger partial charge in [0, 0.05) is 12.1 Å². The van der Waals surface area contributed by atoms with Crippen molar-refractivity contribution in [2.24, 2.45) is 5.73 Å². The summed E-state index contributed by atoms with van der Waals surface area (Å²) in [4.78, 5) is 0.245. The van der Waals surface area contributed by atoms with E-state index in [2.05, 4.69) is 4.72 Å². The predicted molar refractivity (Wildman–Crippen MR) is 73.5 cm³/mol. The van der Waals surface area contributed by atoms with Crippen LogP contribution in [0.3, 0.4) is 0 Å². The van der Waals surface area contributed by atoms with Crippen molar-refractivity contribution in [1.82, 2.24) is 4.72 Å². The zero-order valence-corrected chi connectivity index (χ0v) is 11.8. The molecule has 1 aliphatic carbocycles. The zero-order valence-electron chi connectivity index (χ0n) is 11.0. The van der Waals surface area contributed by atoms with Crippen molar-refractivity contribution in [2.45, 2.75) is 43.2 Å². The maximum absolute atomic E-state index is 12.2. The van der Waals surface area contributed by atoms with Gasteiger partial charge in [0.1, 0.15) is 5.75 Å². The molecule has 106 valence electrons. The van der Waals surface area contributed by atoms with Gasteiger partial charge in [-0.05, 0) is 44.0 Å². The lowest BCUT2D eigenvalue weighted by atomic mass is 10.2. The Morgan fingerprint density at radius 2 is 2.00 bits per heavy atom. The van der Waals surface area contributed by atoms with Crippen LogP contribution in [0.1, 0.15) is 26.2 Å². The molecule has 1 aromatic rings. The maximum atomic E-state index is 12.2. The van der Waals surface area contributed by atoms with Crippen molar-refractivity contribution in [1.29, 1.82) is 0 Å². The number of nitrogens with two attached hydrogens (primary N) is 1. The second kappa shape index (κ2) is 5.90. The van der Waals surface area contributed by atoms with E-state index < -0.39 is 10.0 Å². The van der Waals surface area contributed by atoms with Crippen LogP contribution in [0.25, 0.3) is 0 Å². The van der Waals surface area contributed by atoms with Crippen molar-refractivity contribution in [2.75, 3.05) is 6.61 Å². The summed E-state index contributed by atoms with van der Waals surface area (Å²) in [5.41, 5.74) is 5.88. The van der Waals surface area contributed by atoms with Crippen molar-refractivity contribution >= 4 is 10.0 Å². The van der Waals surface area contributed by atoms with E-state index in [-0.39, 0.29) is 17.0 Å². The van der Waals surface area contributed by atoms with Gasteiger partial charge in [-0.1, -0.05) is 6.42 Å². The molecule has 5 nitrogen and oxygen atoms in total. The highest BCUT2D eigenvalue weighted by atomic mass is 32.2. The Morgan fingerprint density at radius 3 is 2.53 bits per heavy atom. The molecule has 1 aliphatic rings. The van der Waals surface area contributed by atoms with Gasteiger partial charge in [0.05, 0.1) is 11.5 Å². The number of ether oxygens (including phenoxy) is 1. The summed E-state index contributed by atoms with van der Waals surface area (Å²) in [6.07, 6.45) is 2.64. The number of hydrogen-bond acceptors (Lipinski definition) is 4. The highest BCUT2D eigenvalue weighted by molar-refractivity contribution is 7.89. The minimum Gasteiger partial charge on any atom is -0.494 e. The minimum atomic E-state index is -3.49. The molecule has 3 N–H and O–H groups in total.